The second-order valence-corrected chi connectivity index (χ2v) is 4.98. The number of rotatable bonds is 4. The highest BCUT2D eigenvalue weighted by Gasteiger charge is 2.19. The molecule has 7 heteroatoms. The highest BCUT2D eigenvalue weighted by Crippen LogP contribution is 2.29. The van der Waals surface area contributed by atoms with Gasteiger partial charge in [-0.3, -0.25) is 10.1 Å². The van der Waals surface area contributed by atoms with Gasteiger partial charge < -0.3 is 9.94 Å². The Kier molecular flexibility index (Phi) is 4.62. The van der Waals surface area contributed by atoms with Crippen molar-refractivity contribution < 1.29 is 14.9 Å². The maximum atomic E-state index is 10.9. The van der Waals surface area contributed by atoms with Gasteiger partial charge in [0.15, 0.2) is 0 Å². The van der Waals surface area contributed by atoms with E-state index in [1.54, 1.807) is 12.1 Å². The smallest absolute Gasteiger partial charge is 0.270 e. The fourth-order valence-corrected chi connectivity index (χ4v) is 2.28. The van der Waals surface area contributed by atoms with E-state index in [0.717, 1.165) is 5.56 Å². The molecule has 0 fully saturated rings. The number of non-ortho nitro benzene ring substituents is 1. The first-order chi connectivity index (χ1) is 10.5. The minimum Gasteiger partial charge on any atom is -0.496 e. The lowest BCUT2D eigenvalue weighted by Gasteiger charge is -2.12. The van der Waals surface area contributed by atoms with Crippen molar-refractivity contribution in [2.45, 2.75) is 6.92 Å². The zero-order chi connectivity index (χ0) is 16.3. The van der Waals surface area contributed by atoms with Gasteiger partial charge in [0.25, 0.3) is 5.69 Å². The highest BCUT2D eigenvalue weighted by atomic mass is 35.5. The van der Waals surface area contributed by atoms with Crippen molar-refractivity contribution in [3.05, 3.63) is 68.2 Å². The average molecular weight is 321 g/mol. The Morgan fingerprint density at radius 2 is 2.00 bits per heavy atom. The summed E-state index contributed by atoms with van der Waals surface area (Å²) in [5.74, 6) is 0.473. The van der Waals surface area contributed by atoms with Gasteiger partial charge in [0.05, 0.1) is 17.1 Å². The molecule has 0 saturated heterocycles. The lowest BCUT2D eigenvalue weighted by atomic mass is 9.99. The summed E-state index contributed by atoms with van der Waals surface area (Å²) in [5.41, 5.74) is 1.62. The Bertz CT molecular complexity index is 759. The largest absolute Gasteiger partial charge is 0.496 e. The second-order valence-electron chi connectivity index (χ2n) is 4.57. The quantitative estimate of drug-likeness (QED) is 0.402. The number of nitro groups is 1. The molecule has 0 aromatic heterocycles. The molecule has 0 aliphatic rings. The number of nitro benzene ring substituents is 1. The van der Waals surface area contributed by atoms with Crippen molar-refractivity contribution in [1.29, 1.82) is 0 Å². The van der Waals surface area contributed by atoms with Gasteiger partial charge in [-0.25, -0.2) is 0 Å². The van der Waals surface area contributed by atoms with Gasteiger partial charge >= 0.3 is 0 Å². The lowest BCUT2D eigenvalue weighted by molar-refractivity contribution is -0.384. The molecule has 0 atom stereocenters. The van der Waals surface area contributed by atoms with E-state index in [-0.39, 0.29) is 22.0 Å². The molecule has 0 spiro atoms. The van der Waals surface area contributed by atoms with Crippen LogP contribution in [0.5, 0.6) is 5.75 Å². The van der Waals surface area contributed by atoms with Crippen LogP contribution in [-0.2, 0) is 0 Å². The summed E-state index contributed by atoms with van der Waals surface area (Å²) in [6, 6.07) is 9.26. The third-order valence-electron chi connectivity index (χ3n) is 3.13. The summed E-state index contributed by atoms with van der Waals surface area (Å²) < 4.78 is 5.25. The summed E-state index contributed by atoms with van der Waals surface area (Å²) >= 11 is 6.10. The Labute approximate surface area is 131 Å². The van der Waals surface area contributed by atoms with E-state index >= 15 is 0 Å². The number of oxime groups is 1. The fourth-order valence-electron chi connectivity index (χ4n) is 2.07. The van der Waals surface area contributed by atoms with Crippen LogP contribution in [0.4, 0.5) is 5.69 Å². The lowest BCUT2D eigenvalue weighted by Crippen LogP contribution is -2.07. The van der Waals surface area contributed by atoms with Crippen molar-refractivity contribution >= 4 is 23.0 Å². The van der Waals surface area contributed by atoms with Crippen LogP contribution in [0.3, 0.4) is 0 Å². The SMILES string of the molecule is COc1ccc(C)cc1/C(=N/O)c1cc([N+](=O)[O-])ccc1Cl. The molecule has 0 heterocycles. The van der Waals surface area contributed by atoms with Gasteiger partial charge in [0.2, 0.25) is 0 Å². The van der Waals surface area contributed by atoms with Crippen LogP contribution < -0.4 is 4.74 Å². The number of hydrogen-bond donors (Lipinski definition) is 1. The number of ether oxygens (including phenoxy) is 1. The minimum atomic E-state index is -0.539. The molecule has 114 valence electrons. The molecular formula is C15H13ClN2O4. The maximum Gasteiger partial charge on any atom is 0.270 e. The number of benzene rings is 2. The van der Waals surface area contributed by atoms with E-state index in [1.807, 2.05) is 13.0 Å². The van der Waals surface area contributed by atoms with Crippen LogP contribution in [0.15, 0.2) is 41.6 Å². The number of aryl methyl sites for hydroxylation is 1. The first-order valence-corrected chi connectivity index (χ1v) is 6.67. The van der Waals surface area contributed by atoms with Crippen LogP contribution in [0.2, 0.25) is 5.02 Å². The molecular weight excluding hydrogens is 308 g/mol. The predicted octanol–water partition coefficient (Wildman–Crippen LogP) is 3.79. The first-order valence-electron chi connectivity index (χ1n) is 6.29. The van der Waals surface area contributed by atoms with Crippen molar-refractivity contribution in [1.82, 2.24) is 0 Å². The summed E-state index contributed by atoms with van der Waals surface area (Å²) in [6.07, 6.45) is 0. The molecule has 1 N–H and O–H groups in total. The molecule has 0 unspecified atom stereocenters. The molecule has 22 heavy (non-hydrogen) atoms. The van der Waals surface area contributed by atoms with Gasteiger partial charge in [-0.15, -0.1) is 0 Å². The number of methoxy groups -OCH3 is 1. The molecule has 2 aromatic rings. The van der Waals surface area contributed by atoms with Crippen LogP contribution in [-0.4, -0.2) is 23.0 Å². The summed E-state index contributed by atoms with van der Waals surface area (Å²) in [4.78, 5) is 10.4. The monoisotopic (exact) mass is 320 g/mol. The molecule has 0 aliphatic carbocycles. The molecule has 0 saturated carbocycles. The van der Waals surface area contributed by atoms with Crippen LogP contribution in [0.25, 0.3) is 0 Å². The molecule has 6 nitrogen and oxygen atoms in total. The standard InChI is InChI=1S/C15H13ClN2O4/c1-9-3-6-14(22-2)12(7-9)15(17-19)11-8-10(18(20)21)4-5-13(11)16/h3-8,19H,1-2H3/b17-15+. The number of hydrogen-bond acceptors (Lipinski definition) is 5. The van der Waals surface area contributed by atoms with Gasteiger partial charge in [-0.2, -0.15) is 0 Å². The summed E-state index contributed by atoms with van der Waals surface area (Å²) in [7, 11) is 1.48. The normalized spacial score (nSPS) is 11.3. The summed E-state index contributed by atoms with van der Waals surface area (Å²) in [5, 5.41) is 23.8. The van der Waals surface area contributed by atoms with Crippen LogP contribution in [0.1, 0.15) is 16.7 Å². The molecule has 2 aromatic carbocycles. The topological polar surface area (TPSA) is 85.0 Å². The van der Waals surface area contributed by atoms with Crippen molar-refractivity contribution in [3.63, 3.8) is 0 Å². The number of halogens is 1. The van der Waals surface area contributed by atoms with Crippen molar-refractivity contribution in [2.24, 2.45) is 5.16 Å². The Hall–Kier alpha value is -2.60. The third-order valence-corrected chi connectivity index (χ3v) is 3.46. The van der Waals surface area contributed by atoms with E-state index in [0.29, 0.717) is 11.3 Å². The van der Waals surface area contributed by atoms with Gasteiger partial charge in [-0.1, -0.05) is 28.4 Å². The molecule has 0 aliphatic heterocycles. The number of nitrogens with zero attached hydrogens (tertiary/aromatic N) is 2. The van der Waals surface area contributed by atoms with Crippen molar-refractivity contribution in [3.8, 4) is 5.75 Å². The molecule has 0 radical (unpaired) electrons. The highest BCUT2D eigenvalue weighted by molar-refractivity contribution is 6.35. The Morgan fingerprint density at radius 3 is 2.59 bits per heavy atom. The first kappa shape index (κ1) is 15.8. The van der Waals surface area contributed by atoms with E-state index in [4.69, 9.17) is 16.3 Å². The molecule has 2 rings (SSSR count). The molecule has 0 bridgehead atoms. The Balaban J connectivity index is 2.66. The molecule has 0 amide bonds. The maximum absolute atomic E-state index is 10.9. The van der Waals surface area contributed by atoms with E-state index in [2.05, 4.69) is 5.16 Å². The zero-order valence-electron chi connectivity index (χ0n) is 11.9. The van der Waals surface area contributed by atoms with E-state index in [1.165, 1.54) is 25.3 Å². The Morgan fingerprint density at radius 1 is 1.27 bits per heavy atom. The predicted molar refractivity (Wildman–Crippen MR) is 83.3 cm³/mol. The van der Waals surface area contributed by atoms with Crippen LogP contribution in [0, 0.1) is 17.0 Å². The second kappa shape index (κ2) is 6.44. The average Bonchev–Trinajstić information content (AvgIpc) is 2.50. The van der Waals surface area contributed by atoms with Crippen molar-refractivity contribution in [2.75, 3.05) is 7.11 Å². The van der Waals surface area contributed by atoms with Gasteiger partial charge in [-0.05, 0) is 25.1 Å². The van der Waals surface area contributed by atoms with E-state index in [9.17, 15) is 15.3 Å². The fraction of sp³-hybridized carbons (Fsp3) is 0.133. The van der Waals surface area contributed by atoms with Gasteiger partial charge in [0.1, 0.15) is 11.5 Å². The van der Waals surface area contributed by atoms with E-state index < -0.39 is 4.92 Å². The van der Waals surface area contributed by atoms with Gasteiger partial charge in [0, 0.05) is 23.3 Å². The zero-order valence-corrected chi connectivity index (χ0v) is 12.7. The minimum absolute atomic E-state index is 0.106. The third kappa shape index (κ3) is 3.01. The summed E-state index contributed by atoms with van der Waals surface area (Å²) in [6.45, 7) is 1.87. The van der Waals surface area contributed by atoms with Crippen LogP contribution >= 0.6 is 11.6 Å².